The number of aromatic nitrogens is 1. The van der Waals surface area contributed by atoms with Crippen LogP contribution in [0.15, 0.2) is 12.4 Å². The van der Waals surface area contributed by atoms with Crippen LogP contribution in [0.1, 0.15) is 5.56 Å². The molecule has 1 aromatic rings. The Kier molecular flexibility index (Phi) is 2.98. The molecule has 1 aromatic heterocycles. The summed E-state index contributed by atoms with van der Waals surface area (Å²) in [7, 11) is 0. The lowest BCUT2D eigenvalue weighted by molar-refractivity contribution is -0.385. The van der Waals surface area contributed by atoms with Gasteiger partial charge in [-0.25, -0.2) is 0 Å². The van der Waals surface area contributed by atoms with Crippen LogP contribution in [0.2, 0.25) is 5.02 Å². The van der Waals surface area contributed by atoms with E-state index in [0.717, 1.165) is 12.4 Å². The van der Waals surface area contributed by atoms with E-state index in [1.54, 1.807) is 0 Å². The Balaban J connectivity index is 3.21. The monoisotopic (exact) mass is 216 g/mol. The summed E-state index contributed by atoms with van der Waals surface area (Å²) in [6.07, 6.45) is 1.76. The van der Waals surface area contributed by atoms with Crippen LogP contribution in [0.3, 0.4) is 0 Å². The third-order valence-corrected chi connectivity index (χ3v) is 1.75. The molecule has 1 N–H and O–H groups in total. The van der Waals surface area contributed by atoms with Crippen LogP contribution in [-0.4, -0.2) is 21.0 Å². The molecule has 0 saturated carbocycles. The molecule has 74 valence electrons. The Labute approximate surface area is 83.3 Å². The second-order valence-corrected chi connectivity index (χ2v) is 2.86. The molecule has 0 atom stereocenters. The van der Waals surface area contributed by atoms with Gasteiger partial charge in [0.2, 0.25) is 0 Å². The average molecular weight is 217 g/mol. The van der Waals surface area contributed by atoms with E-state index in [9.17, 15) is 14.9 Å². The molecule has 0 fully saturated rings. The first-order valence-corrected chi connectivity index (χ1v) is 3.88. The molecule has 0 amide bonds. The lowest BCUT2D eigenvalue weighted by Gasteiger charge is -1.99. The van der Waals surface area contributed by atoms with E-state index in [2.05, 4.69) is 4.98 Å². The molecule has 0 aliphatic heterocycles. The normalized spacial score (nSPS) is 9.79. The van der Waals surface area contributed by atoms with Crippen molar-refractivity contribution in [1.82, 2.24) is 4.98 Å². The number of hydrogen-bond acceptors (Lipinski definition) is 4. The summed E-state index contributed by atoms with van der Waals surface area (Å²) in [5.41, 5.74) is -0.404. The highest BCUT2D eigenvalue weighted by Gasteiger charge is 2.20. The van der Waals surface area contributed by atoms with E-state index in [-0.39, 0.29) is 10.6 Å². The van der Waals surface area contributed by atoms with Crippen molar-refractivity contribution in [3.63, 3.8) is 0 Å². The molecule has 0 aliphatic carbocycles. The van der Waals surface area contributed by atoms with Crippen LogP contribution in [0.4, 0.5) is 5.69 Å². The van der Waals surface area contributed by atoms with Gasteiger partial charge in [-0.1, -0.05) is 11.6 Å². The maximum atomic E-state index is 10.5. The smallest absolute Gasteiger partial charge is 0.308 e. The summed E-state index contributed by atoms with van der Waals surface area (Å²) in [4.78, 5) is 23.7. The number of hydrogen-bond donors (Lipinski definition) is 1. The zero-order valence-corrected chi connectivity index (χ0v) is 7.56. The first kappa shape index (κ1) is 10.4. The van der Waals surface area contributed by atoms with E-state index < -0.39 is 23.0 Å². The van der Waals surface area contributed by atoms with Crippen molar-refractivity contribution in [2.24, 2.45) is 0 Å². The Bertz CT molecular complexity index is 393. The van der Waals surface area contributed by atoms with Gasteiger partial charge in [-0.15, -0.1) is 0 Å². The highest BCUT2D eigenvalue weighted by atomic mass is 35.5. The Morgan fingerprint density at radius 2 is 2.29 bits per heavy atom. The molecule has 0 radical (unpaired) electrons. The maximum absolute atomic E-state index is 10.5. The molecule has 0 spiro atoms. The number of pyridine rings is 1. The van der Waals surface area contributed by atoms with Gasteiger partial charge in [0, 0.05) is 6.20 Å². The summed E-state index contributed by atoms with van der Waals surface area (Å²) in [6.45, 7) is 0. The van der Waals surface area contributed by atoms with E-state index >= 15 is 0 Å². The number of aliphatic carboxylic acids is 1. The number of rotatable bonds is 3. The summed E-state index contributed by atoms with van der Waals surface area (Å²) in [5, 5.41) is 18.8. The third kappa shape index (κ3) is 2.17. The van der Waals surface area contributed by atoms with E-state index in [4.69, 9.17) is 16.7 Å². The molecule has 0 unspecified atom stereocenters. The quantitative estimate of drug-likeness (QED) is 0.607. The van der Waals surface area contributed by atoms with Crippen molar-refractivity contribution in [2.75, 3.05) is 0 Å². The second kappa shape index (κ2) is 4.01. The van der Waals surface area contributed by atoms with Crippen LogP contribution < -0.4 is 0 Å². The number of nitro groups is 1. The number of carboxylic acids is 1. The summed E-state index contributed by atoms with van der Waals surface area (Å²) in [6, 6.07) is 0. The highest BCUT2D eigenvalue weighted by Crippen LogP contribution is 2.27. The fraction of sp³-hybridized carbons (Fsp3) is 0.143. The first-order chi connectivity index (χ1) is 6.52. The maximum Gasteiger partial charge on any atom is 0.308 e. The van der Waals surface area contributed by atoms with Gasteiger partial charge in [-0.3, -0.25) is 19.9 Å². The minimum absolute atomic E-state index is 0.00463. The molecule has 7 heteroatoms. The van der Waals surface area contributed by atoms with Crippen LogP contribution in [-0.2, 0) is 11.2 Å². The average Bonchev–Trinajstić information content (AvgIpc) is 2.01. The molecular formula is C7H5ClN2O4. The first-order valence-electron chi connectivity index (χ1n) is 3.51. The standard InChI is InChI=1S/C7H5ClN2O4/c8-5-3-9-2-4(1-6(11)12)7(5)10(13)14/h2-3H,1H2,(H,11,12). The van der Waals surface area contributed by atoms with Crippen molar-refractivity contribution in [2.45, 2.75) is 6.42 Å². The van der Waals surface area contributed by atoms with Gasteiger partial charge in [0.25, 0.3) is 5.69 Å². The largest absolute Gasteiger partial charge is 0.481 e. The van der Waals surface area contributed by atoms with Gasteiger partial charge < -0.3 is 5.11 Å². The lowest BCUT2D eigenvalue weighted by Crippen LogP contribution is -2.04. The van der Waals surface area contributed by atoms with Crippen LogP contribution in [0.5, 0.6) is 0 Å². The van der Waals surface area contributed by atoms with Gasteiger partial charge >= 0.3 is 5.97 Å². The van der Waals surface area contributed by atoms with Gasteiger partial charge in [0.15, 0.2) is 0 Å². The molecule has 6 nitrogen and oxygen atoms in total. The molecule has 0 aliphatic rings. The van der Waals surface area contributed by atoms with Crippen molar-refractivity contribution in [1.29, 1.82) is 0 Å². The summed E-state index contributed by atoms with van der Waals surface area (Å²) >= 11 is 5.51. The SMILES string of the molecule is O=C(O)Cc1cncc(Cl)c1[N+](=O)[O-]. The van der Waals surface area contributed by atoms with E-state index in [1.165, 1.54) is 0 Å². The van der Waals surface area contributed by atoms with Crippen LogP contribution in [0.25, 0.3) is 0 Å². The van der Waals surface area contributed by atoms with Crippen LogP contribution >= 0.6 is 11.6 Å². The number of nitrogens with zero attached hydrogens (tertiary/aromatic N) is 2. The number of halogens is 1. The fourth-order valence-corrected chi connectivity index (χ4v) is 1.21. The zero-order valence-electron chi connectivity index (χ0n) is 6.81. The van der Waals surface area contributed by atoms with E-state index in [1.807, 2.05) is 0 Å². The van der Waals surface area contributed by atoms with Crippen LogP contribution in [0, 0.1) is 10.1 Å². The summed E-state index contributed by atoms with van der Waals surface area (Å²) in [5.74, 6) is -1.17. The fourth-order valence-electron chi connectivity index (χ4n) is 0.965. The van der Waals surface area contributed by atoms with Crippen molar-refractivity contribution < 1.29 is 14.8 Å². The highest BCUT2D eigenvalue weighted by molar-refractivity contribution is 6.32. The van der Waals surface area contributed by atoms with Gasteiger partial charge in [0.1, 0.15) is 5.02 Å². The number of carboxylic acid groups (broad SMARTS) is 1. The van der Waals surface area contributed by atoms with Crippen molar-refractivity contribution in [3.8, 4) is 0 Å². The Morgan fingerprint density at radius 3 is 2.79 bits per heavy atom. The van der Waals surface area contributed by atoms with Gasteiger partial charge in [0.05, 0.1) is 23.1 Å². The molecule has 14 heavy (non-hydrogen) atoms. The second-order valence-electron chi connectivity index (χ2n) is 2.46. The molecule has 1 heterocycles. The Morgan fingerprint density at radius 1 is 1.64 bits per heavy atom. The Hall–Kier alpha value is -1.69. The molecule has 0 saturated heterocycles. The van der Waals surface area contributed by atoms with Crippen molar-refractivity contribution >= 4 is 23.3 Å². The van der Waals surface area contributed by atoms with E-state index in [0.29, 0.717) is 0 Å². The predicted molar refractivity (Wildman–Crippen MR) is 47.2 cm³/mol. The van der Waals surface area contributed by atoms with Gasteiger partial charge in [-0.05, 0) is 0 Å². The molecular weight excluding hydrogens is 212 g/mol. The zero-order chi connectivity index (χ0) is 10.7. The van der Waals surface area contributed by atoms with Gasteiger partial charge in [-0.2, -0.15) is 0 Å². The minimum Gasteiger partial charge on any atom is -0.481 e. The topological polar surface area (TPSA) is 93.3 Å². The lowest BCUT2D eigenvalue weighted by atomic mass is 10.2. The number of carbonyl (C=O) groups is 1. The molecule has 1 rings (SSSR count). The molecule has 0 bridgehead atoms. The van der Waals surface area contributed by atoms with Crippen molar-refractivity contribution in [3.05, 3.63) is 33.1 Å². The third-order valence-electron chi connectivity index (χ3n) is 1.47. The predicted octanol–water partition coefficient (Wildman–Crippen LogP) is 1.27. The molecule has 0 aromatic carbocycles. The minimum atomic E-state index is -1.17. The summed E-state index contributed by atoms with van der Waals surface area (Å²) < 4.78 is 0.